The molecule has 104 valence electrons. The van der Waals surface area contributed by atoms with E-state index in [1.54, 1.807) is 31.3 Å². The summed E-state index contributed by atoms with van der Waals surface area (Å²) in [4.78, 5) is 13.8. The Morgan fingerprint density at radius 3 is 2.47 bits per heavy atom. The van der Waals surface area contributed by atoms with Crippen molar-refractivity contribution in [2.75, 3.05) is 17.7 Å². The van der Waals surface area contributed by atoms with Crippen LogP contribution in [0.2, 0.25) is 0 Å². The maximum absolute atomic E-state index is 13.1. The number of alkyl halides is 2. The first kappa shape index (κ1) is 13.8. The summed E-state index contributed by atoms with van der Waals surface area (Å²) in [6.07, 6.45) is 0.0643. The number of carbonyl (C=O) groups is 1. The number of nitrogens with zero attached hydrogens (tertiary/aromatic N) is 1. The third-order valence-electron chi connectivity index (χ3n) is 3.70. The fraction of sp³-hybridized carbons (Fsp3) is 0.500. The fourth-order valence-electron chi connectivity index (χ4n) is 2.47. The Labute approximate surface area is 111 Å². The molecule has 0 atom stereocenters. The van der Waals surface area contributed by atoms with E-state index in [0.29, 0.717) is 11.4 Å². The number of anilines is 2. The second-order valence-corrected chi connectivity index (χ2v) is 5.09. The molecule has 1 aromatic carbocycles. The van der Waals surface area contributed by atoms with Crippen LogP contribution in [0.5, 0.6) is 0 Å². The Morgan fingerprint density at radius 2 is 1.89 bits per heavy atom. The van der Waals surface area contributed by atoms with Gasteiger partial charge in [-0.1, -0.05) is 12.1 Å². The topological polar surface area (TPSA) is 46.3 Å². The van der Waals surface area contributed by atoms with Gasteiger partial charge < -0.3 is 10.6 Å². The number of amides is 1. The largest absolute Gasteiger partial charge is 0.397 e. The van der Waals surface area contributed by atoms with Crippen LogP contribution in [-0.2, 0) is 4.79 Å². The number of hydrogen-bond acceptors (Lipinski definition) is 2. The van der Waals surface area contributed by atoms with Crippen LogP contribution in [0.15, 0.2) is 24.3 Å². The average Bonchev–Trinajstić information content (AvgIpc) is 2.38. The van der Waals surface area contributed by atoms with Gasteiger partial charge in [-0.25, -0.2) is 8.78 Å². The maximum Gasteiger partial charge on any atom is 0.248 e. The fourth-order valence-corrected chi connectivity index (χ4v) is 2.47. The molecule has 0 saturated heterocycles. The summed E-state index contributed by atoms with van der Waals surface area (Å²) in [6.45, 7) is 0. The van der Waals surface area contributed by atoms with Gasteiger partial charge in [0.15, 0.2) is 0 Å². The third kappa shape index (κ3) is 3.03. The van der Waals surface area contributed by atoms with Gasteiger partial charge >= 0.3 is 0 Å². The third-order valence-corrected chi connectivity index (χ3v) is 3.70. The van der Waals surface area contributed by atoms with Gasteiger partial charge in [0.05, 0.1) is 11.4 Å². The van der Waals surface area contributed by atoms with Gasteiger partial charge in [0.2, 0.25) is 11.8 Å². The van der Waals surface area contributed by atoms with E-state index in [1.165, 1.54) is 4.90 Å². The van der Waals surface area contributed by atoms with E-state index in [4.69, 9.17) is 5.73 Å². The molecule has 1 aromatic rings. The zero-order valence-corrected chi connectivity index (χ0v) is 10.9. The first-order valence-electron chi connectivity index (χ1n) is 6.40. The van der Waals surface area contributed by atoms with Crippen molar-refractivity contribution in [2.45, 2.75) is 31.6 Å². The van der Waals surface area contributed by atoms with E-state index >= 15 is 0 Å². The van der Waals surface area contributed by atoms with Crippen molar-refractivity contribution >= 4 is 17.3 Å². The molecule has 0 heterocycles. The van der Waals surface area contributed by atoms with Crippen molar-refractivity contribution in [3.63, 3.8) is 0 Å². The zero-order chi connectivity index (χ0) is 14.0. The maximum atomic E-state index is 13.1. The second-order valence-electron chi connectivity index (χ2n) is 5.09. The minimum Gasteiger partial charge on any atom is -0.397 e. The Morgan fingerprint density at radius 1 is 1.32 bits per heavy atom. The van der Waals surface area contributed by atoms with E-state index in [9.17, 15) is 13.6 Å². The number of rotatable bonds is 2. The standard InChI is InChI=1S/C14H18F2N2O/c1-18(12-5-3-2-4-11(12)17)13(19)10-6-8-14(15,16)9-7-10/h2-5,10H,6-9,17H2,1H3. The molecular formula is C14H18F2N2O. The number of hydrogen-bond donors (Lipinski definition) is 1. The van der Waals surface area contributed by atoms with Crippen LogP contribution in [0.1, 0.15) is 25.7 Å². The average molecular weight is 268 g/mol. The van der Waals surface area contributed by atoms with Gasteiger partial charge in [0, 0.05) is 25.8 Å². The van der Waals surface area contributed by atoms with Crippen LogP contribution in [-0.4, -0.2) is 18.9 Å². The van der Waals surface area contributed by atoms with Gasteiger partial charge in [0.1, 0.15) is 0 Å². The molecule has 19 heavy (non-hydrogen) atoms. The Hall–Kier alpha value is -1.65. The second kappa shape index (κ2) is 5.15. The number of nitrogen functional groups attached to an aromatic ring is 1. The number of para-hydroxylation sites is 2. The summed E-state index contributed by atoms with van der Waals surface area (Å²) in [5.41, 5.74) is 6.96. The minimum atomic E-state index is -2.61. The van der Waals surface area contributed by atoms with Crippen LogP contribution < -0.4 is 10.6 Å². The minimum absolute atomic E-state index is 0.131. The van der Waals surface area contributed by atoms with Gasteiger partial charge in [-0.05, 0) is 25.0 Å². The number of halogens is 2. The molecule has 2 rings (SSSR count). The molecule has 1 fully saturated rings. The predicted molar refractivity (Wildman–Crippen MR) is 71.2 cm³/mol. The molecule has 1 amide bonds. The molecule has 1 aliphatic carbocycles. The molecular weight excluding hydrogens is 250 g/mol. The van der Waals surface area contributed by atoms with Gasteiger partial charge in [0.25, 0.3) is 0 Å². The summed E-state index contributed by atoms with van der Waals surface area (Å²) < 4.78 is 26.2. The van der Waals surface area contributed by atoms with Crippen molar-refractivity contribution in [1.29, 1.82) is 0 Å². The van der Waals surface area contributed by atoms with E-state index < -0.39 is 5.92 Å². The van der Waals surface area contributed by atoms with Crippen LogP contribution in [0.25, 0.3) is 0 Å². The zero-order valence-electron chi connectivity index (χ0n) is 10.9. The molecule has 1 saturated carbocycles. The van der Waals surface area contributed by atoms with Crippen LogP contribution >= 0.6 is 0 Å². The van der Waals surface area contributed by atoms with Gasteiger partial charge in [-0.15, -0.1) is 0 Å². The quantitative estimate of drug-likeness (QED) is 0.838. The monoisotopic (exact) mass is 268 g/mol. The molecule has 5 heteroatoms. The highest BCUT2D eigenvalue weighted by molar-refractivity contribution is 5.97. The normalized spacial score (nSPS) is 19.1. The highest BCUT2D eigenvalue weighted by Gasteiger charge is 2.38. The molecule has 1 aliphatic rings. The summed E-state index contributed by atoms with van der Waals surface area (Å²) in [5, 5.41) is 0. The lowest BCUT2D eigenvalue weighted by Crippen LogP contribution is -2.37. The molecule has 2 N–H and O–H groups in total. The van der Waals surface area contributed by atoms with Crippen LogP contribution in [0.4, 0.5) is 20.2 Å². The van der Waals surface area contributed by atoms with Crippen LogP contribution in [0.3, 0.4) is 0 Å². The van der Waals surface area contributed by atoms with E-state index in [2.05, 4.69) is 0 Å². The summed E-state index contributed by atoms with van der Waals surface area (Å²) >= 11 is 0. The number of nitrogens with two attached hydrogens (primary N) is 1. The highest BCUT2D eigenvalue weighted by Crippen LogP contribution is 2.37. The Balaban J connectivity index is 2.06. The van der Waals surface area contributed by atoms with E-state index in [-0.39, 0.29) is 37.5 Å². The SMILES string of the molecule is CN(C(=O)C1CCC(F)(F)CC1)c1ccccc1N. The Kier molecular flexibility index (Phi) is 3.73. The highest BCUT2D eigenvalue weighted by atomic mass is 19.3. The van der Waals surface area contributed by atoms with Crippen molar-refractivity contribution in [3.8, 4) is 0 Å². The lowest BCUT2D eigenvalue weighted by Gasteiger charge is -2.30. The van der Waals surface area contributed by atoms with Gasteiger partial charge in [-0.3, -0.25) is 4.79 Å². The molecule has 0 radical (unpaired) electrons. The van der Waals surface area contributed by atoms with Crippen molar-refractivity contribution in [2.24, 2.45) is 5.92 Å². The lowest BCUT2D eigenvalue weighted by molar-refractivity contribution is -0.126. The van der Waals surface area contributed by atoms with Gasteiger partial charge in [-0.2, -0.15) is 0 Å². The first-order chi connectivity index (χ1) is 8.91. The lowest BCUT2D eigenvalue weighted by atomic mass is 9.86. The molecule has 0 spiro atoms. The van der Waals surface area contributed by atoms with E-state index in [1.807, 2.05) is 0 Å². The molecule has 3 nitrogen and oxygen atoms in total. The van der Waals surface area contributed by atoms with E-state index in [0.717, 1.165) is 0 Å². The molecule has 0 aliphatic heterocycles. The summed E-state index contributed by atoms with van der Waals surface area (Å²) in [7, 11) is 1.64. The summed E-state index contributed by atoms with van der Waals surface area (Å²) in [6, 6.07) is 7.06. The molecule has 0 unspecified atom stereocenters. The van der Waals surface area contributed by atoms with Crippen molar-refractivity contribution < 1.29 is 13.6 Å². The molecule has 0 bridgehead atoms. The molecule has 0 aromatic heterocycles. The predicted octanol–water partition coefficient (Wildman–Crippen LogP) is 3.06. The Bertz CT molecular complexity index is 466. The smallest absolute Gasteiger partial charge is 0.248 e. The number of benzene rings is 1. The summed E-state index contributed by atoms with van der Waals surface area (Å²) in [5.74, 6) is -3.07. The number of carbonyl (C=O) groups excluding carboxylic acids is 1. The van der Waals surface area contributed by atoms with Crippen molar-refractivity contribution in [1.82, 2.24) is 0 Å². The first-order valence-corrected chi connectivity index (χ1v) is 6.40. The van der Waals surface area contributed by atoms with Crippen LogP contribution in [0, 0.1) is 5.92 Å². The van der Waals surface area contributed by atoms with Crippen molar-refractivity contribution in [3.05, 3.63) is 24.3 Å².